The van der Waals surface area contributed by atoms with Crippen LogP contribution in [0.5, 0.6) is 0 Å². The van der Waals surface area contributed by atoms with Gasteiger partial charge in [-0.3, -0.25) is 0 Å². The van der Waals surface area contributed by atoms with Gasteiger partial charge in [-0.05, 0) is 101 Å². The highest BCUT2D eigenvalue weighted by Crippen LogP contribution is 2.40. The van der Waals surface area contributed by atoms with Crippen LogP contribution in [0.4, 0.5) is 17.1 Å². The van der Waals surface area contributed by atoms with Crippen LogP contribution in [0.25, 0.3) is 71.8 Å². The van der Waals surface area contributed by atoms with Crippen LogP contribution in [-0.4, -0.2) is 9.55 Å². The highest BCUT2D eigenvalue weighted by atomic mass is 16.3. The molecule has 4 nitrogen and oxygen atoms in total. The van der Waals surface area contributed by atoms with Gasteiger partial charge in [-0.1, -0.05) is 103 Å². The summed E-state index contributed by atoms with van der Waals surface area (Å²) in [6.07, 6.45) is 1.77. The van der Waals surface area contributed by atoms with Crippen LogP contribution in [0.15, 0.2) is 193 Å². The lowest BCUT2D eigenvalue weighted by Crippen LogP contribution is -2.09. The maximum atomic E-state index is 6.09. The Kier molecular flexibility index (Phi) is 6.78. The normalized spacial score (nSPS) is 11.5. The molecule has 0 saturated heterocycles. The van der Waals surface area contributed by atoms with Crippen LogP contribution in [0.1, 0.15) is 0 Å². The summed E-state index contributed by atoms with van der Waals surface area (Å²) in [7, 11) is 0. The van der Waals surface area contributed by atoms with E-state index in [2.05, 4.69) is 178 Å². The van der Waals surface area contributed by atoms with E-state index >= 15 is 0 Å². The van der Waals surface area contributed by atoms with E-state index in [0.29, 0.717) is 5.71 Å². The quantitative estimate of drug-likeness (QED) is 0.179. The molecule has 3 heterocycles. The van der Waals surface area contributed by atoms with E-state index in [-0.39, 0.29) is 0 Å². The number of hydrogen-bond donors (Lipinski definition) is 0. The summed E-state index contributed by atoms with van der Waals surface area (Å²) >= 11 is 0. The molecule has 3 aromatic heterocycles. The smallest absolute Gasteiger partial charge is 0.227 e. The molecule has 0 amide bonds. The molecule has 0 aliphatic rings. The number of hydrogen-bond acceptors (Lipinski definition) is 3. The minimum absolute atomic E-state index is 0.660. The molecule has 10 aromatic rings. The standard InChI is InChI=1S/C47H31N3O/c1-2-14-35(15-3-1)49(36-27-25-32(26-28-36)39-20-10-24-45-46(39)42-21-11-29-48-47(42)51-45)37-16-8-12-33(30-37)34-13-9-17-38(31-34)50-43-22-6-4-18-40(43)41-19-5-7-23-44(41)50/h1-31H. The average molecular weight is 654 g/mol. The van der Waals surface area contributed by atoms with E-state index < -0.39 is 0 Å². The molecule has 7 aromatic carbocycles. The Labute approximate surface area is 295 Å². The molecular weight excluding hydrogens is 623 g/mol. The third-order valence-corrected chi connectivity index (χ3v) is 9.85. The van der Waals surface area contributed by atoms with Crippen molar-refractivity contribution >= 4 is 60.9 Å². The van der Waals surface area contributed by atoms with Crippen LogP contribution in [-0.2, 0) is 0 Å². The van der Waals surface area contributed by atoms with Gasteiger partial charge in [-0.25, -0.2) is 4.98 Å². The second kappa shape index (κ2) is 11.9. The Morgan fingerprint density at radius 1 is 0.451 bits per heavy atom. The van der Waals surface area contributed by atoms with Gasteiger partial charge in [0.25, 0.3) is 0 Å². The second-order valence-corrected chi connectivity index (χ2v) is 12.8. The van der Waals surface area contributed by atoms with Crippen molar-refractivity contribution in [3.8, 4) is 27.9 Å². The van der Waals surface area contributed by atoms with Crippen molar-refractivity contribution in [2.45, 2.75) is 0 Å². The predicted molar refractivity (Wildman–Crippen MR) is 211 cm³/mol. The predicted octanol–water partition coefficient (Wildman–Crippen LogP) is 12.9. The molecule has 4 heteroatoms. The summed E-state index contributed by atoms with van der Waals surface area (Å²) < 4.78 is 8.46. The van der Waals surface area contributed by atoms with E-state index in [1.165, 1.54) is 21.8 Å². The van der Waals surface area contributed by atoms with Crippen LogP contribution in [0.2, 0.25) is 0 Å². The SMILES string of the molecule is c1ccc(N(c2ccc(-c3cccc4oc5ncccc5c34)cc2)c2cccc(-c3cccc(-n4c5ccccc5c5ccccc54)c3)c2)cc1. The summed E-state index contributed by atoms with van der Waals surface area (Å²) in [5, 5.41) is 4.63. The van der Waals surface area contributed by atoms with Crippen molar-refractivity contribution in [1.29, 1.82) is 0 Å². The monoisotopic (exact) mass is 653 g/mol. The number of furan rings is 1. The first-order valence-electron chi connectivity index (χ1n) is 17.2. The van der Waals surface area contributed by atoms with Crippen molar-refractivity contribution in [2.24, 2.45) is 0 Å². The lowest BCUT2D eigenvalue weighted by atomic mass is 9.99. The molecule has 240 valence electrons. The average Bonchev–Trinajstić information content (AvgIpc) is 3.75. The number of pyridine rings is 1. The molecule has 0 spiro atoms. The zero-order valence-electron chi connectivity index (χ0n) is 27.6. The van der Waals surface area contributed by atoms with Gasteiger partial charge in [-0.15, -0.1) is 0 Å². The largest absolute Gasteiger partial charge is 0.438 e. The number of rotatable bonds is 6. The molecule has 51 heavy (non-hydrogen) atoms. The van der Waals surface area contributed by atoms with Crippen molar-refractivity contribution in [3.63, 3.8) is 0 Å². The molecule has 0 fully saturated rings. The van der Waals surface area contributed by atoms with Crippen molar-refractivity contribution < 1.29 is 4.42 Å². The Balaban J connectivity index is 1.06. The lowest BCUT2D eigenvalue weighted by Gasteiger charge is -2.26. The summed E-state index contributed by atoms with van der Waals surface area (Å²) in [5.74, 6) is 0. The van der Waals surface area contributed by atoms with Gasteiger partial charge >= 0.3 is 0 Å². The van der Waals surface area contributed by atoms with E-state index in [0.717, 1.165) is 61.4 Å². The fraction of sp³-hybridized carbons (Fsp3) is 0. The molecule has 10 rings (SSSR count). The Morgan fingerprint density at radius 2 is 1.08 bits per heavy atom. The molecule has 0 bridgehead atoms. The van der Waals surface area contributed by atoms with Gasteiger partial charge in [0.05, 0.1) is 11.0 Å². The highest BCUT2D eigenvalue weighted by Gasteiger charge is 2.17. The Morgan fingerprint density at radius 3 is 1.86 bits per heavy atom. The molecular formula is C47H31N3O. The first kappa shape index (κ1) is 29.0. The van der Waals surface area contributed by atoms with Gasteiger partial charge in [0.15, 0.2) is 0 Å². The first-order valence-corrected chi connectivity index (χ1v) is 17.2. The van der Waals surface area contributed by atoms with Crippen LogP contribution < -0.4 is 4.90 Å². The number of nitrogens with zero attached hydrogens (tertiary/aromatic N) is 3. The van der Waals surface area contributed by atoms with E-state index in [1.807, 2.05) is 18.2 Å². The number of anilines is 3. The number of para-hydroxylation sites is 3. The molecule has 0 unspecified atom stereocenters. The molecule has 0 N–H and O–H groups in total. The van der Waals surface area contributed by atoms with Crippen LogP contribution >= 0.6 is 0 Å². The second-order valence-electron chi connectivity index (χ2n) is 12.8. The summed E-state index contributed by atoms with van der Waals surface area (Å²) in [6.45, 7) is 0. The Hall–Kier alpha value is -6.91. The lowest BCUT2D eigenvalue weighted by molar-refractivity contribution is 0.654. The fourth-order valence-corrected chi connectivity index (χ4v) is 7.57. The van der Waals surface area contributed by atoms with Crippen molar-refractivity contribution in [1.82, 2.24) is 9.55 Å². The highest BCUT2D eigenvalue weighted by molar-refractivity contribution is 6.12. The van der Waals surface area contributed by atoms with E-state index in [1.54, 1.807) is 6.20 Å². The van der Waals surface area contributed by atoms with E-state index in [4.69, 9.17) is 4.42 Å². The summed E-state index contributed by atoms with van der Waals surface area (Å²) in [4.78, 5) is 6.78. The van der Waals surface area contributed by atoms with Gasteiger partial charge in [0.2, 0.25) is 5.71 Å². The number of fused-ring (bicyclic) bond motifs is 6. The van der Waals surface area contributed by atoms with Gasteiger partial charge < -0.3 is 13.9 Å². The van der Waals surface area contributed by atoms with Crippen molar-refractivity contribution in [2.75, 3.05) is 4.90 Å². The molecule has 0 atom stereocenters. The zero-order valence-corrected chi connectivity index (χ0v) is 27.6. The number of aromatic nitrogens is 2. The molecule has 0 aliphatic heterocycles. The Bertz CT molecular complexity index is 2810. The maximum absolute atomic E-state index is 6.09. The fourth-order valence-electron chi connectivity index (χ4n) is 7.57. The summed E-state index contributed by atoms with van der Waals surface area (Å²) in [6, 6.07) is 64.7. The first-order chi connectivity index (χ1) is 25.3. The minimum Gasteiger partial charge on any atom is -0.438 e. The van der Waals surface area contributed by atoms with Crippen molar-refractivity contribution in [3.05, 3.63) is 188 Å². The van der Waals surface area contributed by atoms with Gasteiger partial charge in [0.1, 0.15) is 5.58 Å². The molecule has 0 radical (unpaired) electrons. The van der Waals surface area contributed by atoms with Crippen LogP contribution in [0.3, 0.4) is 0 Å². The van der Waals surface area contributed by atoms with E-state index in [9.17, 15) is 0 Å². The molecule has 0 saturated carbocycles. The van der Waals surface area contributed by atoms with Gasteiger partial charge in [-0.2, -0.15) is 0 Å². The van der Waals surface area contributed by atoms with Gasteiger partial charge in [0, 0.05) is 50.5 Å². The summed E-state index contributed by atoms with van der Waals surface area (Å²) in [5.41, 5.74) is 12.9. The number of benzene rings is 7. The van der Waals surface area contributed by atoms with Crippen LogP contribution in [0, 0.1) is 0 Å². The zero-order chi connectivity index (χ0) is 33.7. The third-order valence-electron chi connectivity index (χ3n) is 9.85. The third kappa shape index (κ3) is 4.88. The maximum Gasteiger partial charge on any atom is 0.227 e. The molecule has 0 aliphatic carbocycles. The topological polar surface area (TPSA) is 34.2 Å². The minimum atomic E-state index is 0.660.